The van der Waals surface area contributed by atoms with Crippen LogP contribution in [0.2, 0.25) is 0 Å². The van der Waals surface area contributed by atoms with Gasteiger partial charge in [-0.2, -0.15) is 0 Å². The zero-order chi connectivity index (χ0) is 23.5. The van der Waals surface area contributed by atoms with Crippen molar-refractivity contribution in [3.05, 3.63) is 74.0 Å². The van der Waals surface area contributed by atoms with E-state index < -0.39 is 5.60 Å². The van der Waals surface area contributed by atoms with Gasteiger partial charge < -0.3 is 24.2 Å². The summed E-state index contributed by atoms with van der Waals surface area (Å²) in [5, 5.41) is 11.4. The quantitative estimate of drug-likeness (QED) is 0.384. The average molecular weight is 444 g/mol. The molecule has 2 aromatic carbocycles. The molecule has 33 heavy (non-hydrogen) atoms. The fraction of sp³-hybridized carbons (Fsp3) is 0.231. The van der Waals surface area contributed by atoms with Crippen LogP contribution in [0.4, 0.5) is 0 Å². The number of allylic oxidation sites excluding steroid dienone is 2. The lowest BCUT2D eigenvalue weighted by Crippen LogP contribution is -2.28. The highest BCUT2D eigenvalue weighted by molar-refractivity contribution is 5.97. The fourth-order valence-electron chi connectivity index (χ4n) is 4.15. The molecule has 3 N–H and O–H groups in total. The van der Waals surface area contributed by atoms with Crippen LogP contribution in [0.3, 0.4) is 0 Å². The third-order valence-electron chi connectivity index (χ3n) is 5.84. The summed E-state index contributed by atoms with van der Waals surface area (Å²) in [6.07, 6.45) is 7.57. The van der Waals surface area contributed by atoms with E-state index in [1.165, 1.54) is 6.26 Å². The van der Waals surface area contributed by atoms with Crippen molar-refractivity contribution in [3.63, 3.8) is 0 Å². The molecule has 0 spiro atoms. The predicted octanol–water partition coefficient (Wildman–Crippen LogP) is 5.03. The van der Waals surface area contributed by atoms with Crippen LogP contribution >= 0.6 is 0 Å². The average Bonchev–Trinajstić information content (AvgIpc) is 3.11. The smallest absolute Gasteiger partial charge is 0.323 e. The van der Waals surface area contributed by atoms with Gasteiger partial charge in [-0.1, -0.05) is 17.7 Å². The van der Waals surface area contributed by atoms with Crippen LogP contribution in [0.1, 0.15) is 38.8 Å². The van der Waals surface area contributed by atoms with Crippen LogP contribution in [-0.2, 0) is 6.42 Å². The molecule has 0 saturated heterocycles. The minimum Gasteiger partial charge on any atom is -0.507 e. The van der Waals surface area contributed by atoms with Crippen LogP contribution in [0.15, 0.2) is 56.2 Å². The van der Waals surface area contributed by atoms with Crippen molar-refractivity contribution in [3.8, 4) is 22.6 Å². The van der Waals surface area contributed by atoms with Gasteiger partial charge in [-0.25, -0.2) is 4.79 Å². The van der Waals surface area contributed by atoms with Crippen LogP contribution in [-0.4, -0.2) is 20.7 Å². The fourth-order valence-corrected chi connectivity index (χ4v) is 4.15. The molecule has 1 aliphatic heterocycles. The first-order valence-corrected chi connectivity index (χ1v) is 10.7. The summed E-state index contributed by atoms with van der Waals surface area (Å²) in [6.45, 7) is 7.81. The first-order valence-electron chi connectivity index (χ1n) is 10.7. The summed E-state index contributed by atoms with van der Waals surface area (Å²) in [7, 11) is 0. The van der Waals surface area contributed by atoms with Crippen LogP contribution in [0.5, 0.6) is 11.5 Å². The van der Waals surface area contributed by atoms with Gasteiger partial charge in [0.2, 0.25) is 5.43 Å². The summed E-state index contributed by atoms with van der Waals surface area (Å²) < 4.78 is 12.1. The number of aromatic hydroxyl groups is 1. The van der Waals surface area contributed by atoms with E-state index in [9.17, 15) is 14.7 Å². The number of nitrogens with one attached hydrogen (secondary N) is 2. The number of benzene rings is 2. The van der Waals surface area contributed by atoms with Gasteiger partial charge in [0.25, 0.3) is 0 Å². The van der Waals surface area contributed by atoms with Gasteiger partial charge in [0, 0.05) is 5.56 Å². The molecule has 3 heterocycles. The molecule has 0 saturated carbocycles. The lowest BCUT2D eigenvalue weighted by Gasteiger charge is -2.30. The first kappa shape index (κ1) is 20.9. The molecular formula is C26H24N2O5. The highest BCUT2D eigenvalue weighted by Gasteiger charge is 2.30. The van der Waals surface area contributed by atoms with Crippen LogP contribution < -0.4 is 15.9 Å². The van der Waals surface area contributed by atoms with E-state index in [1.54, 1.807) is 18.2 Å². The lowest BCUT2D eigenvalue weighted by atomic mass is 9.93. The van der Waals surface area contributed by atoms with E-state index in [0.717, 1.165) is 5.57 Å². The van der Waals surface area contributed by atoms with E-state index in [1.807, 2.05) is 45.9 Å². The van der Waals surface area contributed by atoms with Crippen molar-refractivity contribution in [1.82, 2.24) is 9.97 Å². The third-order valence-corrected chi connectivity index (χ3v) is 5.84. The second-order valence-corrected chi connectivity index (χ2v) is 9.12. The van der Waals surface area contributed by atoms with Crippen molar-refractivity contribution >= 4 is 28.1 Å². The number of hydrogen-bond acceptors (Lipinski definition) is 5. The van der Waals surface area contributed by atoms with E-state index in [0.29, 0.717) is 39.9 Å². The van der Waals surface area contributed by atoms with Gasteiger partial charge in [0.05, 0.1) is 22.2 Å². The zero-order valence-electron chi connectivity index (χ0n) is 18.8. The lowest BCUT2D eigenvalue weighted by molar-refractivity contribution is 0.157. The molecule has 168 valence electrons. The van der Waals surface area contributed by atoms with E-state index in [2.05, 4.69) is 9.97 Å². The predicted molar refractivity (Wildman–Crippen MR) is 129 cm³/mol. The number of aromatic nitrogens is 2. The molecule has 0 unspecified atom stereocenters. The number of rotatable bonds is 3. The van der Waals surface area contributed by atoms with Crippen molar-refractivity contribution in [2.45, 2.75) is 39.7 Å². The second kappa shape index (κ2) is 7.27. The number of imidazole rings is 1. The summed E-state index contributed by atoms with van der Waals surface area (Å²) in [5.41, 5.74) is 3.38. The Morgan fingerprint density at radius 2 is 1.91 bits per heavy atom. The van der Waals surface area contributed by atoms with Gasteiger partial charge in [-0.15, -0.1) is 0 Å². The van der Waals surface area contributed by atoms with Crippen LogP contribution in [0, 0.1) is 0 Å². The van der Waals surface area contributed by atoms with E-state index in [4.69, 9.17) is 9.15 Å². The minimum absolute atomic E-state index is 0.110. The van der Waals surface area contributed by atoms with Crippen molar-refractivity contribution in [1.29, 1.82) is 0 Å². The summed E-state index contributed by atoms with van der Waals surface area (Å²) in [5.74, 6) is 0.381. The number of fused-ring (bicyclic) bond motifs is 4. The normalized spacial score (nSPS) is 14.3. The Kier molecular flexibility index (Phi) is 4.60. The Hall–Kier alpha value is -4.00. The number of ether oxygens (including phenoxy) is 1. The van der Waals surface area contributed by atoms with Crippen LogP contribution in [0.25, 0.3) is 39.2 Å². The Labute approximate surface area is 189 Å². The van der Waals surface area contributed by atoms with E-state index >= 15 is 0 Å². The molecule has 2 aromatic heterocycles. The Morgan fingerprint density at radius 3 is 2.67 bits per heavy atom. The molecule has 7 heteroatoms. The monoisotopic (exact) mass is 444 g/mol. The van der Waals surface area contributed by atoms with Crippen molar-refractivity contribution in [2.24, 2.45) is 0 Å². The van der Waals surface area contributed by atoms with Gasteiger partial charge in [0.15, 0.2) is 5.58 Å². The van der Waals surface area contributed by atoms with Gasteiger partial charge in [-0.05, 0) is 64.0 Å². The van der Waals surface area contributed by atoms with Gasteiger partial charge >= 0.3 is 5.69 Å². The highest BCUT2D eigenvalue weighted by atomic mass is 16.5. The van der Waals surface area contributed by atoms with Gasteiger partial charge in [-0.3, -0.25) is 4.79 Å². The maximum absolute atomic E-state index is 13.6. The molecular weight excluding hydrogens is 420 g/mol. The molecule has 0 fully saturated rings. The topological polar surface area (TPSA) is 108 Å². The van der Waals surface area contributed by atoms with Gasteiger partial charge in [0.1, 0.15) is 28.7 Å². The molecule has 0 amide bonds. The SMILES string of the molecule is CC(C)=CCc1c2c(c3occ(-c4ccc5[nH]c(=O)[nH]c5c4)c(=O)c3c1O)C=CC(C)(C)O2. The summed E-state index contributed by atoms with van der Waals surface area (Å²) in [4.78, 5) is 30.6. The molecule has 0 atom stereocenters. The standard InChI is InChI=1S/C26H24N2O5/c1-13(2)5-7-15-21(29)20-22(30)17(14-6-8-18-19(11-14)28-25(31)27-18)12-32-24(20)16-9-10-26(3,4)33-23(15)16/h5-6,8-12,29H,7H2,1-4H3,(H2,27,28,31). The highest BCUT2D eigenvalue weighted by Crippen LogP contribution is 2.44. The summed E-state index contributed by atoms with van der Waals surface area (Å²) >= 11 is 0. The number of phenolic OH excluding ortho intramolecular Hbond substituents is 1. The minimum atomic E-state index is -0.560. The molecule has 4 aromatic rings. The first-order chi connectivity index (χ1) is 15.6. The Bertz CT molecular complexity index is 1610. The third kappa shape index (κ3) is 3.46. The van der Waals surface area contributed by atoms with Crippen molar-refractivity contribution in [2.75, 3.05) is 0 Å². The molecule has 5 rings (SSSR count). The maximum atomic E-state index is 13.6. The molecule has 1 aliphatic rings. The number of phenols is 1. The maximum Gasteiger partial charge on any atom is 0.323 e. The van der Waals surface area contributed by atoms with Crippen molar-refractivity contribution < 1.29 is 14.3 Å². The second-order valence-electron chi connectivity index (χ2n) is 9.12. The summed E-state index contributed by atoms with van der Waals surface area (Å²) in [6, 6.07) is 5.16. The molecule has 0 aliphatic carbocycles. The largest absolute Gasteiger partial charge is 0.507 e. The Morgan fingerprint density at radius 1 is 1.15 bits per heavy atom. The molecule has 7 nitrogen and oxygen atoms in total. The Balaban J connectivity index is 1.80. The number of hydrogen-bond donors (Lipinski definition) is 3. The molecule has 0 radical (unpaired) electrons. The molecule has 0 bridgehead atoms. The number of H-pyrrole nitrogens is 2. The van der Waals surface area contributed by atoms with E-state index in [-0.39, 0.29) is 33.4 Å². The zero-order valence-corrected chi connectivity index (χ0v) is 18.8. The number of aromatic amines is 2.